The van der Waals surface area contributed by atoms with Gasteiger partial charge in [0.1, 0.15) is 17.1 Å². The number of rotatable bonds is 6. The minimum Gasteiger partial charge on any atom is -0.471 e. The Balaban J connectivity index is 1.36. The van der Waals surface area contributed by atoms with E-state index in [1.807, 2.05) is 25.9 Å². The first-order valence-electron chi connectivity index (χ1n) is 12.2. The maximum atomic E-state index is 13.4. The fourth-order valence-corrected chi connectivity index (χ4v) is 6.21. The molecule has 1 aliphatic heterocycles. The molecule has 0 fully saturated rings. The van der Waals surface area contributed by atoms with Crippen molar-refractivity contribution in [2.45, 2.75) is 69.1 Å². The highest BCUT2D eigenvalue weighted by atomic mass is 32.2. The smallest absolute Gasteiger partial charge is 0.354 e. The molecular formula is C24H34N6O4S. The third-order valence-corrected chi connectivity index (χ3v) is 8.39. The summed E-state index contributed by atoms with van der Waals surface area (Å²) < 4.78 is 30.8. The van der Waals surface area contributed by atoms with Gasteiger partial charge in [-0.2, -0.15) is 5.10 Å². The lowest BCUT2D eigenvalue weighted by molar-refractivity contribution is -0.0557. The Morgan fingerprint density at radius 1 is 1.29 bits per heavy atom. The zero-order valence-electron chi connectivity index (χ0n) is 20.6. The quantitative estimate of drug-likeness (QED) is 0.626. The first kappa shape index (κ1) is 24.2. The molecule has 3 aliphatic rings. The van der Waals surface area contributed by atoms with Crippen molar-refractivity contribution < 1.29 is 18.5 Å². The summed E-state index contributed by atoms with van der Waals surface area (Å²) in [7, 11) is 0.400. The summed E-state index contributed by atoms with van der Waals surface area (Å²) in [5.74, 6) is 0.274. The lowest BCUT2D eigenvalue weighted by Crippen LogP contribution is -2.41. The number of aromatic nitrogens is 2. The summed E-state index contributed by atoms with van der Waals surface area (Å²) in [6, 6.07) is 1.58. The number of anilines is 1. The van der Waals surface area contributed by atoms with Gasteiger partial charge in [0, 0.05) is 12.2 Å². The van der Waals surface area contributed by atoms with Gasteiger partial charge in [-0.15, -0.1) is 4.36 Å². The van der Waals surface area contributed by atoms with E-state index in [4.69, 9.17) is 14.6 Å². The van der Waals surface area contributed by atoms with Crippen molar-refractivity contribution in [2.24, 2.45) is 9.50 Å². The monoisotopic (exact) mass is 502 g/mol. The third kappa shape index (κ3) is 4.82. The van der Waals surface area contributed by atoms with Crippen LogP contribution >= 0.6 is 0 Å². The Morgan fingerprint density at radius 3 is 2.63 bits per heavy atom. The standard InChI is InChI=1S/C24H34N6O4S/c1-15-20(33-11-10-29(2)3)14-30-23(34-15)21(13-26-30)35(25,32)28-24(31)27-22-18-8-4-6-16(18)12-17-7-5-9-19(17)22/h12-13,15,20H,4-11,14H2,1-3H3,(H3,25,27,28,31,32)/t15?,20-,35?/m0/s1. The van der Waals surface area contributed by atoms with Crippen LogP contribution in [0, 0.1) is 0 Å². The minimum absolute atomic E-state index is 0.120. The number of carbonyl (C=O) groups is 1. The van der Waals surface area contributed by atoms with Gasteiger partial charge in [0.25, 0.3) is 0 Å². The zero-order valence-corrected chi connectivity index (χ0v) is 21.4. The predicted octanol–water partition coefficient (Wildman–Crippen LogP) is 2.52. The van der Waals surface area contributed by atoms with Gasteiger partial charge in [-0.1, -0.05) is 6.07 Å². The van der Waals surface area contributed by atoms with Crippen LogP contribution in [-0.2, 0) is 46.9 Å². The van der Waals surface area contributed by atoms with Gasteiger partial charge in [0.15, 0.2) is 9.92 Å². The Kier molecular flexibility index (Phi) is 6.60. The molecule has 0 spiro atoms. The number of benzene rings is 1. The van der Waals surface area contributed by atoms with Crippen LogP contribution in [0.4, 0.5) is 10.5 Å². The fourth-order valence-electron chi connectivity index (χ4n) is 5.22. The average Bonchev–Trinajstić information content (AvgIpc) is 3.52. The summed E-state index contributed by atoms with van der Waals surface area (Å²) in [5.41, 5.74) is 5.79. The van der Waals surface area contributed by atoms with Crippen LogP contribution in [-0.4, -0.2) is 64.4 Å². The highest BCUT2D eigenvalue weighted by Gasteiger charge is 2.33. The number of hydrogen-bond acceptors (Lipinski definition) is 6. The number of likely N-dealkylation sites (N-methyl/N-ethyl adjacent to an activating group) is 1. The molecule has 11 heteroatoms. The van der Waals surface area contributed by atoms with Crippen molar-refractivity contribution in [3.05, 3.63) is 34.5 Å². The van der Waals surface area contributed by atoms with Gasteiger partial charge in [0.05, 0.1) is 19.3 Å². The number of nitrogens with one attached hydrogen (secondary N) is 1. The Labute approximate surface area is 206 Å². The first-order chi connectivity index (χ1) is 16.7. The largest absolute Gasteiger partial charge is 0.471 e. The van der Waals surface area contributed by atoms with Crippen LogP contribution in [0.25, 0.3) is 0 Å². The van der Waals surface area contributed by atoms with Crippen molar-refractivity contribution in [1.29, 1.82) is 0 Å². The molecule has 1 aromatic heterocycles. The molecule has 10 nitrogen and oxygen atoms in total. The van der Waals surface area contributed by atoms with Gasteiger partial charge in [-0.25, -0.2) is 18.8 Å². The summed E-state index contributed by atoms with van der Waals surface area (Å²) in [6.07, 6.45) is 6.93. The number of amides is 2. The second kappa shape index (κ2) is 9.53. The lowest BCUT2D eigenvalue weighted by Gasteiger charge is -2.31. The molecule has 2 heterocycles. The second-order valence-corrected chi connectivity index (χ2v) is 11.6. The maximum absolute atomic E-state index is 13.4. The van der Waals surface area contributed by atoms with Crippen LogP contribution in [0.3, 0.4) is 0 Å². The van der Waals surface area contributed by atoms with Crippen molar-refractivity contribution in [1.82, 2.24) is 14.7 Å². The molecule has 0 bridgehead atoms. The van der Waals surface area contributed by atoms with E-state index < -0.39 is 15.9 Å². The molecule has 2 unspecified atom stereocenters. The Morgan fingerprint density at radius 2 is 1.97 bits per heavy atom. The van der Waals surface area contributed by atoms with Gasteiger partial charge in [-0.05, 0) is 81.8 Å². The number of ether oxygens (including phenoxy) is 2. The first-order valence-corrected chi connectivity index (χ1v) is 13.8. The molecule has 35 heavy (non-hydrogen) atoms. The molecule has 3 atom stereocenters. The normalized spacial score (nSPS) is 22.2. The summed E-state index contributed by atoms with van der Waals surface area (Å²) in [4.78, 5) is 15.1. The number of hydrogen-bond donors (Lipinski definition) is 2. The van der Waals surface area contributed by atoms with Crippen LogP contribution < -0.4 is 15.2 Å². The van der Waals surface area contributed by atoms with E-state index in [1.54, 1.807) is 4.68 Å². The van der Waals surface area contributed by atoms with E-state index in [0.29, 0.717) is 13.2 Å². The Hall–Kier alpha value is -2.47. The summed E-state index contributed by atoms with van der Waals surface area (Å²) >= 11 is 0. The molecule has 2 aromatic rings. The molecule has 1 aromatic carbocycles. The minimum atomic E-state index is -3.57. The van der Waals surface area contributed by atoms with Crippen LogP contribution in [0.5, 0.6) is 5.88 Å². The van der Waals surface area contributed by atoms with Crippen molar-refractivity contribution in [2.75, 3.05) is 32.6 Å². The van der Waals surface area contributed by atoms with Crippen molar-refractivity contribution in [3.8, 4) is 5.88 Å². The molecule has 0 radical (unpaired) electrons. The van der Waals surface area contributed by atoms with E-state index in [1.165, 1.54) is 28.5 Å². The zero-order chi connectivity index (χ0) is 24.7. The van der Waals surface area contributed by atoms with E-state index >= 15 is 0 Å². The van der Waals surface area contributed by atoms with E-state index in [9.17, 15) is 9.00 Å². The molecule has 3 N–H and O–H groups in total. The highest BCUT2D eigenvalue weighted by molar-refractivity contribution is 7.91. The highest BCUT2D eigenvalue weighted by Crippen LogP contribution is 2.39. The number of nitrogens with two attached hydrogens (primary N) is 1. The van der Waals surface area contributed by atoms with Crippen LogP contribution in [0.2, 0.25) is 0 Å². The third-order valence-electron chi connectivity index (χ3n) is 7.04. The number of fused-ring (bicyclic) bond motifs is 3. The molecule has 5 rings (SSSR count). The molecule has 0 saturated heterocycles. The van der Waals surface area contributed by atoms with Gasteiger partial charge in [0.2, 0.25) is 5.88 Å². The van der Waals surface area contributed by atoms with Gasteiger partial charge >= 0.3 is 6.03 Å². The Bertz CT molecular complexity index is 1230. The molecule has 2 amide bonds. The second-order valence-electron chi connectivity index (χ2n) is 9.86. The number of aryl methyl sites for hydroxylation is 2. The van der Waals surface area contributed by atoms with Crippen molar-refractivity contribution in [3.63, 3.8) is 0 Å². The van der Waals surface area contributed by atoms with E-state index in [-0.39, 0.29) is 23.0 Å². The average molecular weight is 503 g/mol. The molecule has 2 aliphatic carbocycles. The van der Waals surface area contributed by atoms with Crippen molar-refractivity contribution >= 4 is 21.6 Å². The summed E-state index contributed by atoms with van der Waals surface area (Å²) in [6.45, 7) is 3.68. The van der Waals surface area contributed by atoms with Crippen LogP contribution in [0.1, 0.15) is 42.0 Å². The molecular weight excluding hydrogens is 468 g/mol. The summed E-state index contributed by atoms with van der Waals surface area (Å²) in [5, 5.41) is 13.3. The number of urea groups is 1. The molecule has 190 valence electrons. The van der Waals surface area contributed by atoms with Gasteiger partial charge in [-0.3, -0.25) is 0 Å². The predicted molar refractivity (Wildman–Crippen MR) is 133 cm³/mol. The molecule has 0 saturated carbocycles. The van der Waals surface area contributed by atoms with E-state index in [2.05, 4.69) is 20.8 Å². The SMILES string of the molecule is CC1Oc2c(S(N)(=O)=NC(=O)Nc3c4c(cc5c3CCC5)CCC4)cnn2C[C@@H]1OCCN(C)C. The number of nitrogens with zero attached hydrogens (tertiary/aromatic N) is 4. The fraction of sp³-hybridized carbons (Fsp3) is 0.583. The maximum Gasteiger partial charge on any atom is 0.354 e. The number of carbonyl (C=O) groups excluding carboxylic acids is 1. The van der Waals surface area contributed by atoms with E-state index in [0.717, 1.165) is 50.8 Å². The van der Waals surface area contributed by atoms with Crippen LogP contribution in [0.15, 0.2) is 21.5 Å². The topological polar surface area (TPSA) is 124 Å². The van der Waals surface area contributed by atoms with Gasteiger partial charge < -0.3 is 19.7 Å². The lowest BCUT2D eigenvalue weighted by atomic mass is 9.99.